The van der Waals surface area contributed by atoms with E-state index in [2.05, 4.69) is 0 Å². The van der Waals surface area contributed by atoms with Crippen LogP contribution in [0, 0.1) is 0 Å². The number of hydrogen-bond acceptors (Lipinski definition) is 7. The van der Waals surface area contributed by atoms with Gasteiger partial charge in [-0.2, -0.15) is 0 Å². The highest BCUT2D eigenvalue weighted by Crippen LogP contribution is 2.62. The molecule has 36 heavy (non-hydrogen) atoms. The van der Waals surface area contributed by atoms with Gasteiger partial charge in [0, 0.05) is 42.6 Å². The van der Waals surface area contributed by atoms with Crippen LogP contribution in [-0.2, 0) is 4.74 Å². The fourth-order valence-electron chi connectivity index (χ4n) is 5.61. The van der Waals surface area contributed by atoms with Gasteiger partial charge in [0.05, 0.1) is 6.10 Å². The number of fused-ring (bicyclic) bond motifs is 1. The third kappa shape index (κ3) is 4.03. The zero-order valence-corrected chi connectivity index (χ0v) is 19.4. The van der Waals surface area contributed by atoms with Gasteiger partial charge in [-0.1, -0.05) is 24.3 Å². The Morgan fingerprint density at radius 1 is 0.611 bits per heavy atom. The van der Waals surface area contributed by atoms with Gasteiger partial charge in [-0.05, 0) is 64.7 Å². The maximum atomic E-state index is 11.1. The highest BCUT2D eigenvalue weighted by molar-refractivity contribution is 5.61. The Labute approximate surface area is 207 Å². The first-order chi connectivity index (χ1) is 17.3. The highest BCUT2D eigenvalue weighted by atomic mass is 16.5. The molecular formula is C29H26O7. The summed E-state index contributed by atoms with van der Waals surface area (Å²) >= 11 is 0. The van der Waals surface area contributed by atoms with Gasteiger partial charge in [0.2, 0.25) is 0 Å². The fourth-order valence-corrected chi connectivity index (χ4v) is 5.61. The van der Waals surface area contributed by atoms with Crippen LogP contribution >= 0.6 is 0 Å². The molecule has 0 radical (unpaired) electrons. The number of methoxy groups -OCH3 is 1. The van der Waals surface area contributed by atoms with Crippen molar-refractivity contribution in [3.63, 3.8) is 0 Å². The van der Waals surface area contributed by atoms with Crippen LogP contribution in [0.4, 0.5) is 0 Å². The molecule has 6 N–H and O–H groups in total. The van der Waals surface area contributed by atoms with Crippen molar-refractivity contribution in [2.75, 3.05) is 7.11 Å². The monoisotopic (exact) mass is 486 g/mol. The van der Waals surface area contributed by atoms with Crippen molar-refractivity contribution in [1.29, 1.82) is 0 Å². The Hall–Kier alpha value is -4.36. The van der Waals surface area contributed by atoms with E-state index in [-0.39, 0.29) is 34.5 Å². The van der Waals surface area contributed by atoms with Gasteiger partial charge < -0.3 is 35.4 Å². The summed E-state index contributed by atoms with van der Waals surface area (Å²) in [7, 11) is 1.57. The van der Waals surface area contributed by atoms with E-state index in [4.69, 9.17) is 4.74 Å². The molecule has 0 unspecified atom stereocenters. The molecule has 0 bridgehead atoms. The second kappa shape index (κ2) is 9.02. The van der Waals surface area contributed by atoms with Crippen LogP contribution in [0.2, 0.25) is 0 Å². The van der Waals surface area contributed by atoms with E-state index in [1.807, 2.05) is 0 Å². The Balaban J connectivity index is 1.80. The van der Waals surface area contributed by atoms with Gasteiger partial charge in [-0.25, -0.2) is 0 Å². The van der Waals surface area contributed by atoms with Crippen LogP contribution in [0.3, 0.4) is 0 Å². The molecule has 0 saturated heterocycles. The summed E-state index contributed by atoms with van der Waals surface area (Å²) in [5.74, 6) is -1.65. The van der Waals surface area contributed by atoms with Crippen molar-refractivity contribution in [1.82, 2.24) is 0 Å². The molecule has 5 rings (SSSR count). The lowest BCUT2D eigenvalue weighted by Crippen LogP contribution is -2.19. The van der Waals surface area contributed by atoms with Crippen molar-refractivity contribution < 1.29 is 35.4 Å². The average molecular weight is 487 g/mol. The van der Waals surface area contributed by atoms with E-state index < -0.39 is 23.9 Å². The van der Waals surface area contributed by atoms with Crippen molar-refractivity contribution in [3.8, 4) is 34.5 Å². The molecule has 0 fully saturated rings. The Bertz CT molecular complexity index is 1380. The minimum atomic E-state index is -0.555. The first kappa shape index (κ1) is 23.4. The number of phenols is 6. The van der Waals surface area contributed by atoms with Crippen molar-refractivity contribution in [3.05, 3.63) is 107 Å². The lowest BCUT2D eigenvalue weighted by atomic mass is 9.75. The summed E-state index contributed by atoms with van der Waals surface area (Å²) in [6.07, 6.45) is -0.555. The summed E-state index contributed by atoms with van der Waals surface area (Å²) in [6.45, 7) is 0. The quantitative estimate of drug-likeness (QED) is 0.225. The van der Waals surface area contributed by atoms with Crippen LogP contribution in [0.25, 0.3) is 0 Å². The summed E-state index contributed by atoms with van der Waals surface area (Å²) in [4.78, 5) is 0. The van der Waals surface area contributed by atoms with E-state index in [9.17, 15) is 30.6 Å². The van der Waals surface area contributed by atoms with Gasteiger partial charge in [-0.3, -0.25) is 0 Å². The summed E-state index contributed by atoms with van der Waals surface area (Å²) < 4.78 is 6.01. The fraction of sp³-hybridized carbons (Fsp3) is 0.172. The summed E-state index contributed by atoms with van der Waals surface area (Å²) in [5, 5.41) is 61.9. The number of phenolic OH excluding ortho intramolecular Hbond substituents is 6. The first-order valence-corrected chi connectivity index (χ1v) is 11.5. The highest BCUT2D eigenvalue weighted by Gasteiger charge is 2.48. The van der Waals surface area contributed by atoms with E-state index >= 15 is 0 Å². The van der Waals surface area contributed by atoms with Crippen LogP contribution in [0.5, 0.6) is 34.5 Å². The van der Waals surface area contributed by atoms with Crippen LogP contribution in [-0.4, -0.2) is 37.7 Å². The Morgan fingerprint density at radius 2 is 1.17 bits per heavy atom. The van der Waals surface area contributed by atoms with Gasteiger partial charge in [-0.15, -0.1) is 0 Å². The Kier molecular flexibility index (Phi) is 5.86. The maximum Gasteiger partial charge on any atom is 0.123 e. The zero-order valence-electron chi connectivity index (χ0n) is 19.4. The smallest absolute Gasteiger partial charge is 0.123 e. The molecular weight excluding hydrogens is 460 g/mol. The molecule has 0 spiro atoms. The molecule has 1 aliphatic rings. The predicted molar refractivity (Wildman–Crippen MR) is 133 cm³/mol. The molecule has 0 amide bonds. The number of aromatic hydroxyl groups is 6. The SMILES string of the molecule is CO[C@@H](c1ccc(O)cc1)[C@H]1c2cc(O)cc(O)c2[C@@H](c2cc(O)cc(O)c2)[C@@H]1c1ccc(O)cc1. The second-order valence-corrected chi connectivity index (χ2v) is 9.12. The topological polar surface area (TPSA) is 131 Å². The van der Waals surface area contributed by atoms with E-state index in [0.717, 1.165) is 11.1 Å². The normalized spacial score (nSPS) is 19.6. The number of benzene rings is 4. The molecule has 0 aliphatic heterocycles. The largest absolute Gasteiger partial charge is 0.508 e. The van der Waals surface area contributed by atoms with Gasteiger partial charge in [0.1, 0.15) is 34.5 Å². The minimum absolute atomic E-state index is 0.0969. The maximum absolute atomic E-state index is 11.1. The summed E-state index contributed by atoms with van der Waals surface area (Å²) in [6, 6.07) is 20.6. The van der Waals surface area contributed by atoms with E-state index in [1.54, 1.807) is 73.8 Å². The third-order valence-electron chi connectivity index (χ3n) is 6.95. The van der Waals surface area contributed by atoms with E-state index in [0.29, 0.717) is 16.7 Å². The number of ether oxygens (including phenoxy) is 1. The standard InChI is InChI=1S/C29H26O7/c1-36-29(16-4-8-19(31)9-5-16)28-23-13-22(34)14-24(35)27(23)26(17-10-20(32)12-21(33)11-17)25(28)15-2-6-18(30)7-3-15/h2-14,25-26,28-35H,1H3/t25-,26-,28-,29-/m0/s1. The van der Waals surface area contributed by atoms with Gasteiger partial charge >= 0.3 is 0 Å². The van der Waals surface area contributed by atoms with Crippen LogP contribution in [0.1, 0.15) is 51.7 Å². The Morgan fingerprint density at radius 3 is 1.75 bits per heavy atom. The molecule has 4 aromatic carbocycles. The number of hydrogen-bond donors (Lipinski definition) is 6. The van der Waals surface area contributed by atoms with Crippen LogP contribution in [0.15, 0.2) is 78.9 Å². The number of rotatable bonds is 5. The zero-order chi connectivity index (χ0) is 25.6. The van der Waals surface area contributed by atoms with Crippen molar-refractivity contribution in [2.45, 2.75) is 23.9 Å². The molecule has 184 valence electrons. The van der Waals surface area contributed by atoms with Crippen molar-refractivity contribution >= 4 is 0 Å². The molecule has 0 heterocycles. The molecule has 4 aromatic rings. The first-order valence-electron chi connectivity index (χ1n) is 11.5. The average Bonchev–Trinajstić information content (AvgIpc) is 3.16. The van der Waals surface area contributed by atoms with Gasteiger partial charge in [0.15, 0.2) is 0 Å². The van der Waals surface area contributed by atoms with Crippen LogP contribution < -0.4 is 0 Å². The molecule has 4 atom stereocenters. The molecule has 7 heteroatoms. The van der Waals surface area contributed by atoms with E-state index in [1.165, 1.54) is 12.1 Å². The van der Waals surface area contributed by atoms with Crippen molar-refractivity contribution in [2.24, 2.45) is 0 Å². The summed E-state index contributed by atoms with van der Waals surface area (Å²) in [5.41, 5.74) is 3.36. The minimum Gasteiger partial charge on any atom is -0.508 e. The third-order valence-corrected chi connectivity index (χ3v) is 6.95. The molecule has 7 nitrogen and oxygen atoms in total. The lowest BCUT2D eigenvalue weighted by molar-refractivity contribution is 0.0718. The molecule has 0 aromatic heterocycles. The van der Waals surface area contributed by atoms with Gasteiger partial charge in [0.25, 0.3) is 0 Å². The predicted octanol–water partition coefficient (Wildman–Crippen LogP) is 5.32. The second-order valence-electron chi connectivity index (χ2n) is 9.12. The lowest BCUT2D eigenvalue weighted by Gasteiger charge is -2.32. The molecule has 1 aliphatic carbocycles. The molecule has 0 saturated carbocycles.